The summed E-state index contributed by atoms with van der Waals surface area (Å²) >= 11 is 1.33. The van der Waals surface area contributed by atoms with Crippen molar-refractivity contribution < 1.29 is 13.9 Å². The summed E-state index contributed by atoms with van der Waals surface area (Å²) in [5, 5.41) is 2.78. The minimum Gasteiger partial charge on any atom is -0.422 e. The fourth-order valence-electron chi connectivity index (χ4n) is 3.28. The molecule has 0 amide bonds. The molecule has 1 aliphatic carbocycles. The number of esters is 1. The maximum atomic E-state index is 12.3. The molecular weight excluding hydrogens is 324 g/mol. The number of carbonyl (C=O) groups excluding carboxylic acids is 1. The van der Waals surface area contributed by atoms with Crippen molar-refractivity contribution in [2.75, 3.05) is 0 Å². The molecule has 5 heteroatoms. The molecule has 0 radical (unpaired) electrons. The Bertz CT molecular complexity index is 983. The first-order valence-corrected chi connectivity index (χ1v) is 8.87. The highest BCUT2D eigenvalue weighted by atomic mass is 32.1. The highest BCUT2D eigenvalue weighted by molar-refractivity contribution is 7.12. The van der Waals surface area contributed by atoms with Gasteiger partial charge in [0.15, 0.2) is 0 Å². The van der Waals surface area contributed by atoms with Gasteiger partial charge in [-0.05, 0) is 61.7 Å². The topological polar surface area (TPSA) is 56.5 Å². The van der Waals surface area contributed by atoms with Crippen LogP contribution in [0.3, 0.4) is 0 Å². The van der Waals surface area contributed by atoms with Crippen molar-refractivity contribution in [2.24, 2.45) is 0 Å². The number of benzene rings is 1. The smallest absolute Gasteiger partial charge is 0.353 e. The zero-order valence-electron chi connectivity index (χ0n) is 13.3. The predicted octanol–water partition coefficient (Wildman–Crippen LogP) is 4.26. The number of carbonyl (C=O) groups is 1. The Hall–Kier alpha value is -2.40. The lowest BCUT2D eigenvalue weighted by Crippen LogP contribution is -2.16. The van der Waals surface area contributed by atoms with Crippen LogP contribution >= 0.6 is 11.3 Å². The molecule has 0 aliphatic heterocycles. The molecule has 0 fully saturated rings. The van der Waals surface area contributed by atoms with Crippen LogP contribution in [0.25, 0.3) is 11.0 Å². The highest BCUT2D eigenvalue weighted by Crippen LogP contribution is 2.33. The van der Waals surface area contributed by atoms with Crippen molar-refractivity contribution in [3.8, 4) is 5.75 Å². The number of hydrogen-bond acceptors (Lipinski definition) is 5. The fourth-order valence-corrected chi connectivity index (χ4v) is 3.88. The van der Waals surface area contributed by atoms with Gasteiger partial charge in [-0.15, -0.1) is 11.3 Å². The third-order valence-corrected chi connectivity index (χ3v) is 5.37. The van der Waals surface area contributed by atoms with Gasteiger partial charge in [0.2, 0.25) is 0 Å². The minimum atomic E-state index is -0.396. The van der Waals surface area contributed by atoms with Gasteiger partial charge in [0.25, 0.3) is 0 Å². The lowest BCUT2D eigenvalue weighted by atomic mass is 9.90. The fraction of sp³-hybridized carbons (Fsp3) is 0.263. The summed E-state index contributed by atoms with van der Waals surface area (Å²) in [5.74, 6) is 0.0348. The maximum absolute atomic E-state index is 12.3. The Morgan fingerprint density at radius 2 is 1.96 bits per heavy atom. The Kier molecular flexibility index (Phi) is 3.73. The zero-order valence-corrected chi connectivity index (χ0v) is 14.1. The minimum absolute atomic E-state index is 0.262. The molecule has 0 N–H and O–H groups in total. The van der Waals surface area contributed by atoms with Crippen LogP contribution in [0.15, 0.2) is 38.9 Å². The Morgan fingerprint density at radius 3 is 2.71 bits per heavy atom. The molecule has 0 saturated carbocycles. The number of rotatable bonds is 2. The first kappa shape index (κ1) is 15.1. The summed E-state index contributed by atoms with van der Waals surface area (Å²) < 4.78 is 11.1. The van der Waals surface area contributed by atoms with E-state index < -0.39 is 5.97 Å². The van der Waals surface area contributed by atoms with E-state index in [2.05, 4.69) is 0 Å². The van der Waals surface area contributed by atoms with Crippen molar-refractivity contribution in [1.29, 1.82) is 0 Å². The number of fused-ring (bicyclic) bond motifs is 3. The van der Waals surface area contributed by atoms with Crippen molar-refractivity contribution in [3.05, 3.63) is 61.6 Å². The third-order valence-electron chi connectivity index (χ3n) is 4.52. The van der Waals surface area contributed by atoms with E-state index in [1.165, 1.54) is 11.3 Å². The highest BCUT2D eigenvalue weighted by Gasteiger charge is 2.21. The van der Waals surface area contributed by atoms with Gasteiger partial charge in [-0.25, -0.2) is 9.59 Å². The number of aryl methyl sites for hydroxylation is 2. The Morgan fingerprint density at radius 1 is 1.17 bits per heavy atom. The molecule has 1 aromatic carbocycles. The van der Waals surface area contributed by atoms with Gasteiger partial charge in [0, 0.05) is 16.5 Å². The molecule has 3 aromatic rings. The van der Waals surface area contributed by atoms with Crippen molar-refractivity contribution >= 4 is 28.3 Å². The van der Waals surface area contributed by atoms with E-state index in [-0.39, 0.29) is 5.63 Å². The van der Waals surface area contributed by atoms with Crippen LogP contribution in [-0.2, 0) is 12.8 Å². The summed E-state index contributed by atoms with van der Waals surface area (Å²) in [4.78, 5) is 25.0. The largest absolute Gasteiger partial charge is 0.422 e. The van der Waals surface area contributed by atoms with Gasteiger partial charge in [-0.3, -0.25) is 0 Å². The zero-order chi connectivity index (χ0) is 16.7. The Balaban J connectivity index is 1.81. The Labute approximate surface area is 142 Å². The van der Waals surface area contributed by atoms with Crippen molar-refractivity contribution in [1.82, 2.24) is 0 Å². The van der Waals surface area contributed by atoms with E-state index in [1.807, 2.05) is 18.4 Å². The van der Waals surface area contributed by atoms with Crippen LogP contribution in [0.4, 0.5) is 0 Å². The van der Waals surface area contributed by atoms with Crippen LogP contribution in [0.5, 0.6) is 5.75 Å². The molecule has 122 valence electrons. The second-order valence-electron chi connectivity index (χ2n) is 5.99. The van der Waals surface area contributed by atoms with E-state index >= 15 is 0 Å². The molecule has 4 nitrogen and oxygen atoms in total. The quantitative estimate of drug-likeness (QED) is 0.397. The molecule has 0 atom stereocenters. The molecule has 0 saturated heterocycles. The summed E-state index contributed by atoms with van der Waals surface area (Å²) in [6.07, 6.45) is 3.78. The second-order valence-corrected chi connectivity index (χ2v) is 6.93. The van der Waals surface area contributed by atoms with E-state index in [1.54, 1.807) is 18.2 Å². The number of ether oxygens (including phenoxy) is 1. The van der Waals surface area contributed by atoms with Gasteiger partial charge in [0.1, 0.15) is 16.2 Å². The van der Waals surface area contributed by atoms with Crippen molar-refractivity contribution in [2.45, 2.75) is 32.6 Å². The summed E-state index contributed by atoms with van der Waals surface area (Å²) in [6, 6.07) is 7.21. The molecular formula is C19H16O4S. The van der Waals surface area contributed by atoms with Gasteiger partial charge < -0.3 is 9.15 Å². The van der Waals surface area contributed by atoms with E-state index in [0.29, 0.717) is 21.8 Å². The van der Waals surface area contributed by atoms with Gasteiger partial charge in [-0.1, -0.05) is 6.07 Å². The number of hydrogen-bond donors (Lipinski definition) is 0. The lowest BCUT2D eigenvalue weighted by Gasteiger charge is -2.17. The molecule has 0 bridgehead atoms. The third kappa shape index (κ3) is 2.45. The second kappa shape index (κ2) is 5.91. The normalized spacial score (nSPS) is 13.7. The summed E-state index contributed by atoms with van der Waals surface area (Å²) in [7, 11) is 0. The standard InChI is InChI=1S/C19H16O4S/c1-11-15(22-19(21)16-7-4-10-24-16)9-8-13-12-5-2-3-6-14(12)18(20)23-17(11)13/h4,7-10H,2-3,5-6H2,1H3. The molecule has 0 unspecified atom stereocenters. The van der Waals surface area contributed by atoms with Crippen molar-refractivity contribution in [3.63, 3.8) is 0 Å². The van der Waals surface area contributed by atoms with Crippen LogP contribution in [0, 0.1) is 6.92 Å². The molecule has 2 heterocycles. The maximum Gasteiger partial charge on any atom is 0.353 e. The summed E-state index contributed by atoms with van der Waals surface area (Å²) in [5.41, 5.74) is 2.84. The average Bonchev–Trinajstić information content (AvgIpc) is 3.13. The van der Waals surface area contributed by atoms with Gasteiger partial charge >= 0.3 is 11.6 Å². The lowest BCUT2D eigenvalue weighted by molar-refractivity contribution is 0.0739. The van der Waals surface area contributed by atoms with Gasteiger partial charge in [-0.2, -0.15) is 0 Å². The van der Waals surface area contributed by atoms with Crippen LogP contribution in [0.1, 0.15) is 39.2 Å². The van der Waals surface area contributed by atoms with Gasteiger partial charge in [0.05, 0.1) is 0 Å². The number of thiophene rings is 1. The molecule has 2 aromatic heterocycles. The van der Waals surface area contributed by atoms with Crippen LogP contribution in [0.2, 0.25) is 0 Å². The molecule has 24 heavy (non-hydrogen) atoms. The summed E-state index contributed by atoms with van der Waals surface area (Å²) in [6.45, 7) is 1.82. The molecule has 0 spiro atoms. The van der Waals surface area contributed by atoms with E-state index in [4.69, 9.17) is 9.15 Å². The molecule has 4 rings (SSSR count). The first-order chi connectivity index (χ1) is 11.6. The first-order valence-electron chi connectivity index (χ1n) is 7.99. The van der Waals surface area contributed by atoms with Crippen LogP contribution in [-0.4, -0.2) is 5.97 Å². The SMILES string of the molecule is Cc1c(OC(=O)c2cccs2)ccc2c3c(c(=O)oc12)CCCC3. The van der Waals surface area contributed by atoms with E-state index in [9.17, 15) is 9.59 Å². The van der Waals surface area contributed by atoms with E-state index in [0.717, 1.165) is 42.2 Å². The monoisotopic (exact) mass is 340 g/mol. The van der Waals surface area contributed by atoms with Crippen LogP contribution < -0.4 is 10.4 Å². The predicted molar refractivity (Wildman–Crippen MR) is 93.1 cm³/mol. The average molecular weight is 340 g/mol. The molecule has 1 aliphatic rings.